The molecule has 7 nitrogen and oxygen atoms in total. The third-order valence-corrected chi connectivity index (χ3v) is 6.66. The van der Waals surface area contributed by atoms with Crippen LogP contribution in [0.15, 0.2) is 87.8 Å². The smallest absolute Gasteiger partial charge is 0.335 e. The van der Waals surface area contributed by atoms with Crippen LogP contribution in [0.2, 0.25) is 0 Å². The van der Waals surface area contributed by atoms with Crippen molar-refractivity contribution in [3.63, 3.8) is 0 Å². The number of hydrogen-bond acceptors (Lipinski definition) is 5. The molecule has 0 unspecified atom stereocenters. The molecule has 1 N–H and O–H groups in total. The number of anilines is 1. The van der Waals surface area contributed by atoms with E-state index in [0.717, 1.165) is 25.0 Å². The summed E-state index contributed by atoms with van der Waals surface area (Å²) in [5, 5.41) is 2.24. The number of methoxy groups -OCH3 is 1. The van der Waals surface area contributed by atoms with Crippen molar-refractivity contribution in [2.75, 3.05) is 12.0 Å². The summed E-state index contributed by atoms with van der Waals surface area (Å²) in [6.45, 7) is 4.09. The van der Waals surface area contributed by atoms with Crippen LogP contribution in [0, 0.1) is 0 Å². The molecule has 1 fully saturated rings. The normalized spacial score (nSPS) is 14.5. The van der Waals surface area contributed by atoms with Crippen LogP contribution in [0.1, 0.15) is 16.7 Å². The number of nitrogens with zero attached hydrogens (tertiary/aromatic N) is 1. The minimum Gasteiger partial charge on any atom is -0.496 e. The molecule has 0 spiro atoms. The van der Waals surface area contributed by atoms with Crippen molar-refractivity contribution in [2.24, 2.45) is 0 Å². The number of carbonyl (C=O) groups is 3. The Labute approximate surface area is 231 Å². The molecule has 1 heterocycles. The van der Waals surface area contributed by atoms with Gasteiger partial charge in [0.25, 0.3) is 11.8 Å². The quantitative estimate of drug-likeness (QED) is 0.183. The van der Waals surface area contributed by atoms with Gasteiger partial charge in [0.15, 0.2) is 0 Å². The van der Waals surface area contributed by atoms with Crippen LogP contribution >= 0.6 is 31.9 Å². The van der Waals surface area contributed by atoms with Gasteiger partial charge in [0.1, 0.15) is 23.7 Å². The summed E-state index contributed by atoms with van der Waals surface area (Å²) in [4.78, 5) is 39.3. The number of rotatable bonds is 8. The number of urea groups is 1. The number of allylic oxidation sites excluding steroid dienone is 1. The second-order valence-electron chi connectivity index (χ2n) is 8.03. The molecule has 188 valence electrons. The zero-order chi connectivity index (χ0) is 26.5. The molecule has 1 saturated heterocycles. The third-order valence-electron chi connectivity index (χ3n) is 5.60. The Morgan fingerprint density at radius 1 is 0.973 bits per heavy atom. The Hall–Kier alpha value is -3.69. The second kappa shape index (κ2) is 11.6. The Kier molecular flexibility index (Phi) is 8.25. The van der Waals surface area contributed by atoms with Gasteiger partial charge in [-0.05, 0) is 78.2 Å². The van der Waals surface area contributed by atoms with Crippen molar-refractivity contribution < 1.29 is 23.9 Å². The van der Waals surface area contributed by atoms with Crippen molar-refractivity contribution in [2.45, 2.75) is 13.0 Å². The Bertz CT molecular complexity index is 1400. The lowest BCUT2D eigenvalue weighted by Gasteiger charge is -2.26. The Morgan fingerprint density at radius 3 is 2.24 bits per heavy atom. The number of nitrogens with one attached hydrogen (secondary N) is 1. The standard InChI is InChI=1S/C28H22Br2N2O5/c1-3-4-18-13-17(15-25(36-2)24(18)16-37-22-11-7-20(30)8-12-22)14-23-26(33)31-28(35)32(27(23)34)21-9-5-19(29)6-10-21/h3,5-15H,1,4,16H2,2H3,(H,31,33,35)/b23-14+. The lowest BCUT2D eigenvalue weighted by molar-refractivity contribution is -0.122. The van der Waals surface area contributed by atoms with Crippen molar-refractivity contribution in [1.82, 2.24) is 5.32 Å². The van der Waals surface area contributed by atoms with Gasteiger partial charge >= 0.3 is 6.03 Å². The predicted molar refractivity (Wildman–Crippen MR) is 149 cm³/mol. The first kappa shape index (κ1) is 26.4. The van der Waals surface area contributed by atoms with Gasteiger partial charge in [-0.15, -0.1) is 6.58 Å². The van der Waals surface area contributed by atoms with Gasteiger partial charge in [-0.3, -0.25) is 14.9 Å². The molecule has 37 heavy (non-hydrogen) atoms. The summed E-state index contributed by atoms with van der Waals surface area (Å²) in [7, 11) is 1.54. The average Bonchev–Trinajstić information content (AvgIpc) is 2.88. The second-order valence-corrected chi connectivity index (χ2v) is 9.86. The summed E-state index contributed by atoms with van der Waals surface area (Å²) < 4.78 is 13.3. The lowest BCUT2D eigenvalue weighted by Crippen LogP contribution is -2.54. The zero-order valence-corrected chi connectivity index (χ0v) is 23.0. The maximum Gasteiger partial charge on any atom is 0.335 e. The third kappa shape index (κ3) is 6.00. The largest absolute Gasteiger partial charge is 0.496 e. The monoisotopic (exact) mass is 624 g/mol. The zero-order valence-electron chi connectivity index (χ0n) is 19.8. The first-order valence-electron chi connectivity index (χ1n) is 11.2. The fourth-order valence-electron chi connectivity index (χ4n) is 3.83. The highest BCUT2D eigenvalue weighted by molar-refractivity contribution is 9.10. The van der Waals surface area contributed by atoms with E-state index in [2.05, 4.69) is 43.8 Å². The van der Waals surface area contributed by atoms with E-state index >= 15 is 0 Å². The first-order valence-corrected chi connectivity index (χ1v) is 12.8. The van der Waals surface area contributed by atoms with E-state index in [1.807, 2.05) is 30.3 Å². The topological polar surface area (TPSA) is 84.9 Å². The summed E-state index contributed by atoms with van der Waals surface area (Å²) >= 11 is 6.74. The molecule has 3 aromatic carbocycles. The minimum atomic E-state index is -0.806. The van der Waals surface area contributed by atoms with Crippen LogP contribution < -0.4 is 19.7 Å². The molecule has 4 rings (SSSR count). The van der Waals surface area contributed by atoms with Crippen LogP contribution in [0.5, 0.6) is 11.5 Å². The van der Waals surface area contributed by atoms with E-state index in [4.69, 9.17) is 9.47 Å². The fourth-order valence-corrected chi connectivity index (χ4v) is 4.36. The van der Waals surface area contributed by atoms with Crippen molar-refractivity contribution in [3.8, 4) is 11.5 Å². The molecule has 0 radical (unpaired) electrons. The highest BCUT2D eigenvalue weighted by Gasteiger charge is 2.36. The van der Waals surface area contributed by atoms with Crippen LogP contribution in [-0.2, 0) is 22.6 Å². The summed E-state index contributed by atoms with van der Waals surface area (Å²) in [5.41, 5.74) is 2.41. The molecule has 1 aliphatic rings. The molecule has 0 bridgehead atoms. The van der Waals surface area contributed by atoms with Crippen LogP contribution in [-0.4, -0.2) is 25.0 Å². The highest BCUT2D eigenvalue weighted by atomic mass is 79.9. The molecule has 0 aliphatic carbocycles. The van der Waals surface area contributed by atoms with Crippen molar-refractivity contribution in [3.05, 3.63) is 105 Å². The molecule has 4 amide bonds. The average molecular weight is 626 g/mol. The number of carbonyl (C=O) groups excluding carboxylic acids is 3. The molecule has 0 saturated carbocycles. The van der Waals surface area contributed by atoms with Gasteiger partial charge in [0, 0.05) is 14.5 Å². The van der Waals surface area contributed by atoms with Gasteiger partial charge in [0.2, 0.25) is 0 Å². The number of halogens is 2. The molecule has 9 heteroatoms. The van der Waals surface area contributed by atoms with E-state index in [1.54, 1.807) is 43.5 Å². The molecule has 0 aromatic heterocycles. The van der Waals surface area contributed by atoms with Gasteiger partial charge in [-0.25, -0.2) is 9.69 Å². The van der Waals surface area contributed by atoms with E-state index in [0.29, 0.717) is 29.2 Å². The Morgan fingerprint density at radius 2 is 1.62 bits per heavy atom. The van der Waals surface area contributed by atoms with Gasteiger partial charge in [-0.1, -0.05) is 44.0 Å². The number of ether oxygens (including phenoxy) is 2. The molecule has 3 aromatic rings. The number of barbiturate groups is 1. The molecular weight excluding hydrogens is 604 g/mol. The number of amides is 4. The molecule has 0 atom stereocenters. The first-order chi connectivity index (χ1) is 17.8. The number of imide groups is 2. The number of hydrogen-bond donors (Lipinski definition) is 1. The van der Waals surface area contributed by atoms with Crippen LogP contribution in [0.4, 0.5) is 10.5 Å². The fraction of sp³-hybridized carbons (Fsp3) is 0.107. The van der Waals surface area contributed by atoms with Crippen LogP contribution in [0.25, 0.3) is 6.08 Å². The maximum atomic E-state index is 13.2. The van der Waals surface area contributed by atoms with E-state index in [1.165, 1.54) is 6.08 Å². The van der Waals surface area contributed by atoms with Gasteiger partial charge < -0.3 is 9.47 Å². The minimum absolute atomic E-state index is 0.173. The van der Waals surface area contributed by atoms with E-state index < -0.39 is 17.8 Å². The lowest BCUT2D eigenvalue weighted by atomic mass is 9.98. The van der Waals surface area contributed by atoms with Gasteiger partial charge in [-0.2, -0.15) is 0 Å². The van der Waals surface area contributed by atoms with Crippen LogP contribution in [0.3, 0.4) is 0 Å². The summed E-state index contributed by atoms with van der Waals surface area (Å²) in [6, 6.07) is 16.9. The van der Waals surface area contributed by atoms with Gasteiger partial charge in [0.05, 0.1) is 12.8 Å². The summed E-state index contributed by atoms with van der Waals surface area (Å²) in [6.07, 6.45) is 3.71. The van der Waals surface area contributed by atoms with Crippen molar-refractivity contribution in [1.29, 1.82) is 0 Å². The number of benzene rings is 3. The maximum absolute atomic E-state index is 13.2. The van der Waals surface area contributed by atoms with E-state index in [-0.39, 0.29) is 12.2 Å². The summed E-state index contributed by atoms with van der Waals surface area (Å²) in [5.74, 6) is -0.255. The highest BCUT2D eigenvalue weighted by Crippen LogP contribution is 2.30. The van der Waals surface area contributed by atoms with E-state index in [9.17, 15) is 14.4 Å². The SMILES string of the molecule is C=CCc1cc(/C=C2\C(=O)NC(=O)N(c3ccc(Br)cc3)C2=O)cc(OC)c1COc1ccc(Br)cc1. The van der Waals surface area contributed by atoms with Crippen molar-refractivity contribution >= 4 is 61.5 Å². The molecule has 1 aliphatic heterocycles. The Balaban J connectivity index is 1.69. The predicted octanol–water partition coefficient (Wildman–Crippen LogP) is 6.19. The molecular formula is C28H22Br2N2O5.